The minimum absolute atomic E-state index is 0.0180. The van der Waals surface area contributed by atoms with Gasteiger partial charge in [-0.3, -0.25) is 19.7 Å². The first-order chi connectivity index (χ1) is 14.4. The molecule has 10 heteroatoms. The van der Waals surface area contributed by atoms with Crippen LogP contribution in [-0.4, -0.2) is 33.5 Å². The molecule has 2 atom stereocenters. The summed E-state index contributed by atoms with van der Waals surface area (Å²) < 4.78 is 1.47. The van der Waals surface area contributed by atoms with Crippen molar-refractivity contribution in [1.82, 2.24) is 25.7 Å². The van der Waals surface area contributed by atoms with Crippen LogP contribution in [0.3, 0.4) is 0 Å². The summed E-state index contributed by atoms with van der Waals surface area (Å²) >= 11 is 5.84. The smallest absolute Gasteiger partial charge is 0.314 e. The number of aryl methyl sites for hydroxylation is 1. The maximum Gasteiger partial charge on any atom is 0.314 e. The molecular weight excluding hydrogens is 408 g/mol. The highest BCUT2D eigenvalue weighted by Gasteiger charge is 2.29. The second-order valence-corrected chi connectivity index (χ2v) is 7.64. The number of amides is 3. The average molecular weight is 433 g/mol. The summed E-state index contributed by atoms with van der Waals surface area (Å²) in [5.41, 5.74) is 1.46. The van der Waals surface area contributed by atoms with Crippen molar-refractivity contribution < 1.29 is 14.4 Å². The number of hydrogen-bond acceptors (Lipinski definition) is 5. The van der Waals surface area contributed by atoms with Crippen LogP contribution in [0.5, 0.6) is 0 Å². The zero-order valence-electron chi connectivity index (χ0n) is 16.9. The predicted octanol–water partition coefficient (Wildman–Crippen LogP) is 1.83. The Kier molecular flexibility index (Phi) is 7.07. The van der Waals surface area contributed by atoms with E-state index in [1.54, 1.807) is 37.3 Å². The summed E-state index contributed by atoms with van der Waals surface area (Å²) in [6, 6.07) is 8.61. The molecule has 0 aliphatic carbocycles. The van der Waals surface area contributed by atoms with Gasteiger partial charge in [0.2, 0.25) is 5.91 Å². The SMILES string of the molecule is CCCC1CC(=O)NC(n2nc(C)cc2NC(=O)C(=O)NCc2ccc(Cl)cc2)N1. The molecule has 3 amide bonds. The zero-order chi connectivity index (χ0) is 21.7. The molecule has 0 saturated carbocycles. The number of nitrogens with zero attached hydrogens (tertiary/aromatic N) is 2. The van der Waals surface area contributed by atoms with Crippen LogP contribution in [-0.2, 0) is 20.9 Å². The fourth-order valence-corrected chi connectivity index (χ4v) is 3.40. The van der Waals surface area contributed by atoms with Gasteiger partial charge in [-0.2, -0.15) is 5.10 Å². The zero-order valence-corrected chi connectivity index (χ0v) is 17.6. The highest BCUT2D eigenvalue weighted by Crippen LogP contribution is 2.18. The number of carbonyl (C=O) groups is 3. The topological polar surface area (TPSA) is 117 Å². The molecule has 9 nitrogen and oxygen atoms in total. The van der Waals surface area contributed by atoms with Crippen molar-refractivity contribution in [1.29, 1.82) is 0 Å². The monoisotopic (exact) mass is 432 g/mol. The van der Waals surface area contributed by atoms with Gasteiger partial charge in [-0.05, 0) is 31.0 Å². The molecule has 1 aliphatic heterocycles. The van der Waals surface area contributed by atoms with Crippen LogP contribution >= 0.6 is 11.6 Å². The number of benzene rings is 1. The normalized spacial score (nSPS) is 18.6. The largest absolute Gasteiger partial charge is 0.344 e. The van der Waals surface area contributed by atoms with Gasteiger partial charge in [0.05, 0.1) is 5.69 Å². The second kappa shape index (κ2) is 9.73. The predicted molar refractivity (Wildman–Crippen MR) is 113 cm³/mol. The van der Waals surface area contributed by atoms with Gasteiger partial charge in [0.25, 0.3) is 0 Å². The van der Waals surface area contributed by atoms with E-state index in [1.165, 1.54) is 4.68 Å². The van der Waals surface area contributed by atoms with Gasteiger partial charge >= 0.3 is 11.8 Å². The molecule has 1 aromatic heterocycles. The summed E-state index contributed by atoms with van der Waals surface area (Å²) in [7, 11) is 0. The maximum atomic E-state index is 12.4. The van der Waals surface area contributed by atoms with E-state index >= 15 is 0 Å². The molecule has 0 spiro atoms. The lowest BCUT2D eigenvalue weighted by molar-refractivity contribution is -0.136. The van der Waals surface area contributed by atoms with Crippen LogP contribution in [0.25, 0.3) is 0 Å². The standard InChI is InChI=1S/C20H25ClN6O3/c1-3-4-15-10-17(28)25-20(23-15)27-16(9-12(2)26-27)24-19(30)18(29)22-11-13-5-7-14(21)8-6-13/h5-9,15,20,23H,3-4,10-11H2,1-2H3,(H,22,29)(H,24,30)(H,25,28). The third kappa shape index (κ3) is 5.58. The van der Waals surface area contributed by atoms with Gasteiger partial charge in [-0.15, -0.1) is 0 Å². The second-order valence-electron chi connectivity index (χ2n) is 7.21. The summed E-state index contributed by atoms with van der Waals surface area (Å²) in [6.45, 7) is 4.01. The quantitative estimate of drug-likeness (QED) is 0.519. The highest BCUT2D eigenvalue weighted by molar-refractivity contribution is 6.39. The fraction of sp³-hybridized carbons (Fsp3) is 0.400. The van der Waals surface area contributed by atoms with Crippen molar-refractivity contribution in [2.45, 2.75) is 52.0 Å². The van der Waals surface area contributed by atoms with E-state index in [0.29, 0.717) is 23.0 Å². The van der Waals surface area contributed by atoms with Crippen molar-refractivity contribution in [3.8, 4) is 0 Å². The molecule has 1 aliphatic rings. The molecule has 1 saturated heterocycles. The summed E-state index contributed by atoms with van der Waals surface area (Å²) in [5, 5.41) is 16.2. The van der Waals surface area contributed by atoms with Gasteiger partial charge in [0.15, 0.2) is 6.29 Å². The number of carbonyl (C=O) groups excluding carboxylic acids is 3. The number of anilines is 1. The first-order valence-electron chi connectivity index (χ1n) is 9.81. The van der Waals surface area contributed by atoms with E-state index < -0.39 is 18.1 Å². The van der Waals surface area contributed by atoms with Crippen LogP contribution in [0.2, 0.25) is 5.02 Å². The van der Waals surface area contributed by atoms with Gasteiger partial charge in [0.1, 0.15) is 5.82 Å². The average Bonchev–Trinajstić information content (AvgIpc) is 3.07. The molecule has 0 bridgehead atoms. The number of rotatable bonds is 6. The highest BCUT2D eigenvalue weighted by atomic mass is 35.5. The lowest BCUT2D eigenvalue weighted by Gasteiger charge is -2.32. The first-order valence-corrected chi connectivity index (χ1v) is 10.2. The number of halogens is 1. The molecular formula is C20H25ClN6O3. The van der Waals surface area contributed by atoms with Crippen molar-refractivity contribution in [2.24, 2.45) is 0 Å². The van der Waals surface area contributed by atoms with E-state index in [4.69, 9.17) is 11.6 Å². The van der Waals surface area contributed by atoms with Crippen molar-refractivity contribution in [2.75, 3.05) is 5.32 Å². The Bertz CT molecular complexity index is 927. The minimum atomic E-state index is -0.822. The van der Waals surface area contributed by atoms with Crippen LogP contribution in [0.4, 0.5) is 5.82 Å². The first kappa shape index (κ1) is 21.8. The Morgan fingerprint density at radius 3 is 2.70 bits per heavy atom. The van der Waals surface area contributed by atoms with Crippen LogP contribution < -0.4 is 21.3 Å². The molecule has 160 valence electrons. The molecule has 1 aromatic carbocycles. The van der Waals surface area contributed by atoms with Gasteiger partial charge < -0.3 is 16.0 Å². The van der Waals surface area contributed by atoms with E-state index in [9.17, 15) is 14.4 Å². The Labute approximate surface area is 179 Å². The van der Waals surface area contributed by atoms with E-state index in [-0.39, 0.29) is 18.5 Å². The van der Waals surface area contributed by atoms with Gasteiger partial charge in [0, 0.05) is 30.1 Å². The third-order valence-electron chi connectivity index (χ3n) is 4.68. The van der Waals surface area contributed by atoms with Crippen molar-refractivity contribution >= 4 is 35.1 Å². The summed E-state index contributed by atoms with van der Waals surface area (Å²) in [6.07, 6.45) is 1.56. The molecule has 2 heterocycles. The summed E-state index contributed by atoms with van der Waals surface area (Å²) in [5.74, 6) is -1.38. The minimum Gasteiger partial charge on any atom is -0.344 e. The van der Waals surface area contributed by atoms with Crippen molar-refractivity contribution in [3.63, 3.8) is 0 Å². The Balaban J connectivity index is 1.64. The Morgan fingerprint density at radius 1 is 1.27 bits per heavy atom. The molecule has 2 aromatic rings. The maximum absolute atomic E-state index is 12.4. The fourth-order valence-electron chi connectivity index (χ4n) is 3.27. The Morgan fingerprint density at radius 2 is 2.00 bits per heavy atom. The molecule has 3 rings (SSSR count). The van der Waals surface area contributed by atoms with E-state index in [0.717, 1.165) is 18.4 Å². The van der Waals surface area contributed by atoms with E-state index in [2.05, 4.69) is 33.3 Å². The lowest BCUT2D eigenvalue weighted by atomic mass is 10.1. The molecule has 1 fully saturated rings. The third-order valence-corrected chi connectivity index (χ3v) is 4.93. The van der Waals surface area contributed by atoms with E-state index in [1.807, 2.05) is 0 Å². The van der Waals surface area contributed by atoms with Crippen LogP contribution in [0.1, 0.15) is 43.7 Å². The lowest BCUT2D eigenvalue weighted by Crippen LogP contribution is -2.53. The molecule has 30 heavy (non-hydrogen) atoms. The number of nitrogens with one attached hydrogen (secondary N) is 4. The van der Waals surface area contributed by atoms with Crippen molar-refractivity contribution in [3.05, 3.63) is 46.6 Å². The van der Waals surface area contributed by atoms with Crippen LogP contribution in [0.15, 0.2) is 30.3 Å². The van der Waals surface area contributed by atoms with Gasteiger partial charge in [-0.1, -0.05) is 37.1 Å². The number of aromatic nitrogens is 2. The van der Waals surface area contributed by atoms with Gasteiger partial charge in [-0.25, -0.2) is 4.68 Å². The molecule has 2 unspecified atom stereocenters. The molecule has 0 radical (unpaired) electrons. The Hall–Kier alpha value is -2.91. The molecule has 4 N–H and O–H groups in total. The van der Waals surface area contributed by atoms with Crippen LogP contribution in [0, 0.1) is 6.92 Å². The number of hydrogen-bond donors (Lipinski definition) is 4. The summed E-state index contributed by atoms with van der Waals surface area (Å²) in [4.78, 5) is 36.6.